The summed E-state index contributed by atoms with van der Waals surface area (Å²) in [6, 6.07) is 12.5. The van der Waals surface area contributed by atoms with Crippen LogP contribution < -0.4 is 20.3 Å². The molecule has 6 nitrogen and oxygen atoms in total. The summed E-state index contributed by atoms with van der Waals surface area (Å²) in [5.74, 6) is 0.0732. The van der Waals surface area contributed by atoms with Crippen molar-refractivity contribution in [3.63, 3.8) is 0 Å². The minimum Gasteiger partial charge on any atom is -0.490 e. The van der Waals surface area contributed by atoms with E-state index < -0.39 is 11.8 Å². The molecule has 138 valence electrons. The average Bonchev–Trinajstić information content (AvgIpc) is 2.59. The molecule has 0 bridgehead atoms. The predicted octanol–water partition coefficient (Wildman–Crippen LogP) is 3.38. The van der Waals surface area contributed by atoms with E-state index in [9.17, 15) is 9.59 Å². The number of carbonyl (C=O) groups is 2. The summed E-state index contributed by atoms with van der Waals surface area (Å²) in [6.07, 6.45) is -0.0833. The highest BCUT2D eigenvalue weighted by Crippen LogP contribution is 2.24. The van der Waals surface area contributed by atoms with E-state index in [2.05, 4.69) is 26.8 Å². The fourth-order valence-electron chi connectivity index (χ4n) is 2.12. The Bertz CT molecular complexity index is 793. The lowest BCUT2D eigenvalue weighted by Gasteiger charge is -2.15. The Morgan fingerprint density at radius 3 is 2.58 bits per heavy atom. The van der Waals surface area contributed by atoms with Crippen LogP contribution >= 0.6 is 15.9 Å². The number of ether oxygens (including phenoxy) is 2. The van der Waals surface area contributed by atoms with Gasteiger partial charge < -0.3 is 9.47 Å². The van der Waals surface area contributed by atoms with Gasteiger partial charge in [-0.2, -0.15) is 0 Å². The zero-order chi connectivity index (χ0) is 19.1. The molecule has 0 saturated heterocycles. The van der Waals surface area contributed by atoms with E-state index in [0.29, 0.717) is 17.1 Å². The molecule has 0 spiro atoms. The van der Waals surface area contributed by atoms with Crippen molar-refractivity contribution in [3.05, 3.63) is 58.1 Å². The Balaban J connectivity index is 1.91. The highest BCUT2D eigenvalue weighted by molar-refractivity contribution is 9.10. The monoisotopic (exact) mass is 420 g/mol. The summed E-state index contributed by atoms with van der Waals surface area (Å²) in [5.41, 5.74) is 6.04. The van der Waals surface area contributed by atoms with E-state index in [4.69, 9.17) is 9.47 Å². The second kappa shape index (κ2) is 9.24. The lowest BCUT2D eigenvalue weighted by atomic mass is 10.2. The first-order valence-electron chi connectivity index (χ1n) is 8.10. The van der Waals surface area contributed by atoms with Crippen LogP contribution in [0.1, 0.15) is 29.8 Å². The molecule has 2 aromatic rings. The third kappa shape index (κ3) is 6.07. The quantitative estimate of drug-likeness (QED) is 0.702. The van der Waals surface area contributed by atoms with Gasteiger partial charge >= 0.3 is 0 Å². The van der Waals surface area contributed by atoms with E-state index in [1.54, 1.807) is 24.3 Å². The summed E-state index contributed by atoms with van der Waals surface area (Å²) in [7, 11) is 0. The smallest absolute Gasteiger partial charge is 0.276 e. The molecule has 26 heavy (non-hydrogen) atoms. The van der Waals surface area contributed by atoms with Crippen LogP contribution in [0.2, 0.25) is 0 Å². The average molecular weight is 421 g/mol. The molecule has 2 aromatic carbocycles. The van der Waals surface area contributed by atoms with Crippen molar-refractivity contribution in [3.8, 4) is 11.5 Å². The number of amides is 2. The molecule has 0 saturated carbocycles. The Morgan fingerprint density at radius 2 is 1.88 bits per heavy atom. The molecule has 0 aliphatic heterocycles. The second-order valence-electron chi connectivity index (χ2n) is 5.91. The van der Waals surface area contributed by atoms with Crippen LogP contribution in [0.15, 0.2) is 46.9 Å². The van der Waals surface area contributed by atoms with Crippen LogP contribution in [0.5, 0.6) is 11.5 Å². The molecule has 2 N–H and O–H groups in total. The lowest BCUT2D eigenvalue weighted by Crippen LogP contribution is -2.44. The first-order chi connectivity index (χ1) is 12.3. The lowest BCUT2D eigenvalue weighted by molar-refractivity contribution is -0.123. The second-order valence-corrected chi connectivity index (χ2v) is 6.83. The number of hydrogen-bond acceptors (Lipinski definition) is 4. The van der Waals surface area contributed by atoms with Gasteiger partial charge in [0.05, 0.1) is 11.7 Å². The number of nitrogens with one attached hydrogen (secondary N) is 2. The summed E-state index contributed by atoms with van der Waals surface area (Å²) in [4.78, 5) is 24.2. The van der Waals surface area contributed by atoms with Crippen LogP contribution in [0.3, 0.4) is 0 Å². The van der Waals surface area contributed by atoms with E-state index in [1.165, 1.54) is 0 Å². The maximum absolute atomic E-state index is 12.4. The minimum absolute atomic E-state index is 0.0833. The molecule has 0 radical (unpaired) electrons. The predicted molar refractivity (Wildman–Crippen MR) is 102 cm³/mol. The van der Waals surface area contributed by atoms with Gasteiger partial charge in [0.1, 0.15) is 11.5 Å². The number of benzene rings is 2. The first kappa shape index (κ1) is 19.8. The van der Waals surface area contributed by atoms with Crippen molar-refractivity contribution in [1.82, 2.24) is 10.9 Å². The number of aryl methyl sites for hydroxylation is 1. The molecular formula is C19H21BrN2O4. The van der Waals surface area contributed by atoms with Gasteiger partial charge in [0, 0.05) is 4.47 Å². The third-order valence-corrected chi connectivity index (χ3v) is 3.72. The molecule has 2 amide bonds. The summed E-state index contributed by atoms with van der Waals surface area (Å²) >= 11 is 3.32. The van der Waals surface area contributed by atoms with Crippen molar-refractivity contribution in [2.45, 2.75) is 26.9 Å². The Labute approximate surface area is 161 Å². The van der Waals surface area contributed by atoms with Crippen LogP contribution in [0.25, 0.3) is 0 Å². The molecule has 0 heterocycles. The fraction of sp³-hybridized carbons (Fsp3) is 0.263. The van der Waals surface area contributed by atoms with E-state index in [1.807, 2.05) is 39.0 Å². The van der Waals surface area contributed by atoms with Gasteiger partial charge in [0.25, 0.3) is 11.8 Å². The molecule has 2 rings (SSSR count). The topological polar surface area (TPSA) is 76.7 Å². The number of hydrazine groups is 1. The number of halogens is 1. The normalized spacial score (nSPS) is 10.3. The highest BCUT2D eigenvalue weighted by atomic mass is 79.9. The molecule has 0 unspecified atom stereocenters. The molecule has 0 fully saturated rings. The van der Waals surface area contributed by atoms with Crippen LogP contribution in [0.4, 0.5) is 0 Å². The van der Waals surface area contributed by atoms with Crippen molar-refractivity contribution in [1.29, 1.82) is 0 Å². The molecule has 0 aliphatic rings. The summed E-state index contributed by atoms with van der Waals surface area (Å²) in [5, 5.41) is 0. The first-order valence-corrected chi connectivity index (χ1v) is 8.89. The fourth-order valence-corrected chi connectivity index (χ4v) is 2.48. The molecular weight excluding hydrogens is 400 g/mol. The van der Waals surface area contributed by atoms with E-state index >= 15 is 0 Å². The maximum Gasteiger partial charge on any atom is 0.276 e. The van der Waals surface area contributed by atoms with Gasteiger partial charge in [-0.05, 0) is 56.7 Å². The van der Waals surface area contributed by atoms with Crippen molar-refractivity contribution >= 4 is 27.7 Å². The molecule has 0 aliphatic carbocycles. The molecule has 7 heteroatoms. The Hall–Kier alpha value is -2.54. The zero-order valence-electron chi connectivity index (χ0n) is 14.8. The SMILES string of the molecule is Cc1cccc(OCC(=O)NNC(=O)c2cc(Br)ccc2OC(C)C)c1. The Morgan fingerprint density at radius 1 is 1.12 bits per heavy atom. The molecule has 0 aromatic heterocycles. The van der Waals surface area contributed by atoms with Gasteiger partial charge in [-0.15, -0.1) is 0 Å². The summed E-state index contributed by atoms with van der Waals surface area (Å²) in [6.45, 7) is 5.46. The Kier molecular flexibility index (Phi) is 7.03. The summed E-state index contributed by atoms with van der Waals surface area (Å²) < 4.78 is 11.7. The number of carbonyl (C=O) groups excluding carboxylic acids is 2. The van der Waals surface area contributed by atoms with Crippen molar-refractivity contribution < 1.29 is 19.1 Å². The standard InChI is InChI=1S/C19H21BrN2O4/c1-12(2)26-17-8-7-14(20)10-16(17)19(24)22-21-18(23)11-25-15-6-4-5-13(3)9-15/h4-10,12H,11H2,1-3H3,(H,21,23)(H,22,24). The van der Waals surface area contributed by atoms with E-state index in [-0.39, 0.29) is 12.7 Å². The highest BCUT2D eigenvalue weighted by Gasteiger charge is 2.15. The largest absolute Gasteiger partial charge is 0.490 e. The van der Waals surface area contributed by atoms with Crippen LogP contribution in [-0.4, -0.2) is 24.5 Å². The number of hydrogen-bond donors (Lipinski definition) is 2. The minimum atomic E-state index is -0.481. The van der Waals surface area contributed by atoms with E-state index in [0.717, 1.165) is 10.0 Å². The maximum atomic E-state index is 12.4. The van der Waals surface area contributed by atoms with Crippen molar-refractivity contribution in [2.24, 2.45) is 0 Å². The van der Waals surface area contributed by atoms with Gasteiger partial charge in [-0.1, -0.05) is 28.1 Å². The van der Waals surface area contributed by atoms with Gasteiger partial charge in [0.15, 0.2) is 6.61 Å². The van der Waals surface area contributed by atoms with Crippen LogP contribution in [0, 0.1) is 6.92 Å². The van der Waals surface area contributed by atoms with Gasteiger partial charge in [-0.3, -0.25) is 20.4 Å². The zero-order valence-corrected chi connectivity index (χ0v) is 16.4. The van der Waals surface area contributed by atoms with Crippen molar-refractivity contribution in [2.75, 3.05) is 6.61 Å². The third-order valence-electron chi connectivity index (χ3n) is 3.22. The molecule has 0 atom stereocenters. The van der Waals surface area contributed by atoms with Gasteiger partial charge in [-0.25, -0.2) is 0 Å². The van der Waals surface area contributed by atoms with Crippen LogP contribution in [-0.2, 0) is 4.79 Å². The van der Waals surface area contributed by atoms with Gasteiger partial charge in [0.2, 0.25) is 0 Å². The number of rotatable bonds is 6.